The van der Waals surface area contributed by atoms with Gasteiger partial charge in [-0.15, -0.1) is 0 Å². The van der Waals surface area contributed by atoms with Gasteiger partial charge in [0, 0.05) is 5.02 Å². The Labute approximate surface area is 118 Å². The Morgan fingerprint density at radius 2 is 1.74 bits per heavy atom. The first-order chi connectivity index (χ1) is 9.16. The molecule has 0 N–H and O–H groups in total. The molecule has 3 heteroatoms. The third kappa shape index (κ3) is 3.83. The van der Waals surface area contributed by atoms with Gasteiger partial charge in [0.2, 0.25) is 0 Å². The summed E-state index contributed by atoms with van der Waals surface area (Å²) in [6.07, 6.45) is 0. The van der Waals surface area contributed by atoms with Crippen molar-refractivity contribution in [3.8, 4) is 0 Å². The fraction of sp³-hybridized carbons (Fsp3) is 0.188. The van der Waals surface area contributed by atoms with Gasteiger partial charge in [-0.25, -0.2) is 0 Å². The fourth-order valence-electron chi connectivity index (χ4n) is 1.74. The number of ether oxygens (including phenoxy) is 1. The zero-order valence-electron chi connectivity index (χ0n) is 10.7. The van der Waals surface area contributed by atoms with E-state index in [1.807, 2.05) is 49.4 Å². The molecule has 2 nitrogen and oxygen atoms in total. The minimum atomic E-state index is -0.291. The molecule has 0 fully saturated rings. The predicted octanol–water partition coefficient (Wildman–Crippen LogP) is 4.19. The van der Waals surface area contributed by atoms with Crippen molar-refractivity contribution < 1.29 is 9.53 Å². The highest BCUT2D eigenvalue weighted by molar-refractivity contribution is 6.30. The van der Waals surface area contributed by atoms with Crippen LogP contribution in [0.25, 0.3) is 0 Å². The van der Waals surface area contributed by atoms with E-state index in [0.29, 0.717) is 11.6 Å². The van der Waals surface area contributed by atoms with E-state index in [0.717, 1.165) is 11.1 Å². The average molecular weight is 275 g/mol. The smallest absolute Gasteiger partial charge is 0.313 e. The molecule has 0 aliphatic carbocycles. The third-order valence-electron chi connectivity index (χ3n) is 2.95. The molecular formula is C16H15ClO2. The quantitative estimate of drug-likeness (QED) is 0.782. The van der Waals surface area contributed by atoms with Gasteiger partial charge in [-0.05, 0) is 30.2 Å². The zero-order chi connectivity index (χ0) is 13.7. The number of benzene rings is 2. The van der Waals surface area contributed by atoms with Crippen LogP contribution in [-0.4, -0.2) is 5.97 Å². The number of esters is 1. The Hall–Kier alpha value is -1.80. The van der Waals surface area contributed by atoms with Gasteiger partial charge in [0.25, 0.3) is 0 Å². The van der Waals surface area contributed by atoms with Crippen LogP contribution < -0.4 is 0 Å². The summed E-state index contributed by atoms with van der Waals surface area (Å²) >= 11 is 5.82. The van der Waals surface area contributed by atoms with E-state index in [4.69, 9.17) is 16.3 Å². The van der Waals surface area contributed by atoms with Gasteiger partial charge in [0.15, 0.2) is 0 Å². The Bertz CT molecular complexity index is 534. The van der Waals surface area contributed by atoms with E-state index in [9.17, 15) is 4.79 Å². The van der Waals surface area contributed by atoms with Crippen molar-refractivity contribution in [2.45, 2.75) is 19.4 Å². The van der Waals surface area contributed by atoms with Crippen LogP contribution in [0.5, 0.6) is 0 Å². The van der Waals surface area contributed by atoms with Crippen molar-refractivity contribution in [3.63, 3.8) is 0 Å². The summed E-state index contributed by atoms with van der Waals surface area (Å²) in [4.78, 5) is 11.9. The van der Waals surface area contributed by atoms with E-state index in [-0.39, 0.29) is 11.9 Å². The van der Waals surface area contributed by atoms with Crippen LogP contribution in [0, 0.1) is 0 Å². The van der Waals surface area contributed by atoms with Crippen LogP contribution in [0.3, 0.4) is 0 Å². The van der Waals surface area contributed by atoms with Crippen molar-refractivity contribution in [3.05, 3.63) is 70.7 Å². The third-order valence-corrected chi connectivity index (χ3v) is 3.20. The van der Waals surface area contributed by atoms with Crippen molar-refractivity contribution in [1.82, 2.24) is 0 Å². The monoisotopic (exact) mass is 274 g/mol. The average Bonchev–Trinajstić information content (AvgIpc) is 2.46. The molecule has 19 heavy (non-hydrogen) atoms. The summed E-state index contributed by atoms with van der Waals surface area (Å²) in [5, 5.41) is 0.661. The second kappa shape index (κ2) is 6.39. The van der Waals surface area contributed by atoms with E-state index in [1.54, 1.807) is 12.1 Å². The molecule has 0 amide bonds. The first-order valence-corrected chi connectivity index (χ1v) is 6.50. The molecule has 0 radical (unpaired) electrons. The molecular weight excluding hydrogens is 260 g/mol. The molecule has 2 aromatic rings. The Morgan fingerprint density at radius 3 is 2.37 bits per heavy atom. The van der Waals surface area contributed by atoms with E-state index < -0.39 is 0 Å². The SMILES string of the molecule is C[C@H](C(=O)OCc1ccccc1)c1ccc(Cl)cc1. The minimum absolute atomic E-state index is 0.230. The number of hydrogen-bond donors (Lipinski definition) is 0. The second-order valence-electron chi connectivity index (χ2n) is 4.37. The predicted molar refractivity (Wildman–Crippen MR) is 76.1 cm³/mol. The molecule has 0 aliphatic heterocycles. The minimum Gasteiger partial charge on any atom is -0.460 e. The number of carbonyl (C=O) groups is 1. The molecule has 2 aromatic carbocycles. The summed E-state index contributed by atoms with van der Waals surface area (Å²) < 4.78 is 5.30. The summed E-state index contributed by atoms with van der Waals surface area (Å²) in [6, 6.07) is 16.9. The maximum absolute atomic E-state index is 11.9. The van der Waals surface area contributed by atoms with E-state index in [1.165, 1.54) is 0 Å². The number of rotatable bonds is 4. The van der Waals surface area contributed by atoms with Crippen LogP contribution in [0.15, 0.2) is 54.6 Å². The van der Waals surface area contributed by atoms with Gasteiger partial charge >= 0.3 is 5.97 Å². The summed E-state index contributed by atoms with van der Waals surface area (Å²) in [5.74, 6) is -0.521. The Kier molecular flexibility index (Phi) is 4.58. The highest BCUT2D eigenvalue weighted by atomic mass is 35.5. The first kappa shape index (κ1) is 13.6. The molecule has 0 unspecified atom stereocenters. The van der Waals surface area contributed by atoms with E-state index in [2.05, 4.69) is 0 Å². The lowest BCUT2D eigenvalue weighted by molar-refractivity contribution is -0.146. The molecule has 0 saturated carbocycles. The topological polar surface area (TPSA) is 26.3 Å². The molecule has 2 rings (SSSR count). The zero-order valence-corrected chi connectivity index (χ0v) is 11.4. The van der Waals surface area contributed by atoms with Gasteiger partial charge < -0.3 is 4.74 Å². The van der Waals surface area contributed by atoms with Crippen molar-refractivity contribution >= 4 is 17.6 Å². The molecule has 0 bridgehead atoms. The molecule has 1 atom stereocenters. The molecule has 0 aromatic heterocycles. The van der Waals surface area contributed by atoms with E-state index >= 15 is 0 Å². The van der Waals surface area contributed by atoms with Crippen molar-refractivity contribution in [2.75, 3.05) is 0 Å². The van der Waals surface area contributed by atoms with Crippen LogP contribution in [0.2, 0.25) is 5.02 Å². The van der Waals surface area contributed by atoms with Crippen LogP contribution in [0.4, 0.5) is 0 Å². The lowest BCUT2D eigenvalue weighted by atomic mass is 10.0. The standard InChI is InChI=1S/C16H15ClO2/c1-12(14-7-9-15(17)10-8-14)16(18)19-11-13-5-3-2-4-6-13/h2-10,12H,11H2,1H3/t12-/m0/s1. The fourth-order valence-corrected chi connectivity index (χ4v) is 1.87. The Balaban J connectivity index is 1.94. The summed E-state index contributed by atoms with van der Waals surface area (Å²) in [6.45, 7) is 2.13. The summed E-state index contributed by atoms with van der Waals surface area (Å²) in [5.41, 5.74) is 1.89. The van der Waals surface area contributed by atoms with Gasteiger partial charge in [-0.2, -0.15) is 0 Å². The molecule has 0 spiro atoms. The van der Waals surface area contributed by atoms with Gasteiger partial charge in [-0.1, -0.05) is 54.1 Å². The first-order valence-electron chi connectivity index (χ1n) is 6.13. The van der Waals surface area contributed by atoms with Crippen LogP contribution >= 0.6 is 11.6 Å². The number of hydrogen-bond acceptors (Lipinski definition) is 2. The molecule has 0 heterocycles. The number of halogens is 1. The Morgan fingerprint density at radius 1 is 1.11 bits per heavy atom. The maximum Gasteiger partial charge on any atom is 0.313 e. The van der Waals surface area contributed by atoms with Gasteiger partial charge in [0.1, 0.15) is 6.61 Å². The molecule has 0 aliphatic rings. The lowest BCUT2D eigenvalue weighted by Gasteiger charge is -2.12. The summed E-state index contributed by atoms with van der Waals surface area (Å²) in [7, 11) is 0. The highest BCUT2D eigenvalue weighted by Crippen LogP contribution is 2.19. The highest BCUT2D eigenvalue weighted by Gasteiger charge is 2.16. The van der Waals surface area contributed by atoms with Gasteiger partial charge in [0.05, 0.1) is 5.92 Å². The maximum atomic E-state index is 11.9. The normalized spacial score (nSPS) is 11.9. The number of carbonyl (C=O) groups excluding carboxylic acids is 1. The second-order valence-corrected chi connectivity index (χ2v) is 4.80. The van der Waals surface area contributed by atoms with Gasteiger partial charge in [-0.3, -0.25) is 4.79 Å². The largest absolute Gasteiger partial charge is 0.460 e. The molecule has 98 valence electrons. The van der Waals surface area contributed by atoms with Crippen LogP contribution in [-0.2, 0) is 16.1 Å². The molecule has 0 saturated heterocycles. The van der Waals surface area contributed by atoms with Crippen LogP contribution in [0.1, 0.15) is 24.0 Å². The van der Waals surface area contributed by atoms with Crippen molar-refractivity contribution in [1.29, 1.82) is 0 Å². The lowest BCUT2D eigenvalue weighted by Crippen LogP contribution is -2.13. The van der Waals surface area contributed by atoms with Crippen molar-refractivity contribution in [2.24, 2.45) is 0 Å².